The molecule has 1 heterocycles. The van der Waals surface area contributed by atoms with E-state index in [9.17, 15) is 9.59 Å². The Bertz CT molecular complexity index is 709. The normalized spacial score (nSPS) is 37.0. The summed E-state index contributed by atoms with van der Waals surface area (Å²) in [4.78, 5) is 25.3. The average Bonchev–Trinajstić information content (AvgIpc) is 2.91. The van der Waals surface area contributed by atoms with E-state index in [1.807, 2.05) is 24.3 Å². The molecule has 0 saturated heterocycles. The van der Waals surface area contributed by atoms with Crippen LogP contribution in [0.3, 0.4) is 0 Å². The molecule has 1 spiro atoms. The molecule has 24 heavy (non-hydrogen) atoms. The Morgan fingerprint density at radius 3 is 2.79 bits per heavy atom. The summed E-state index contributed by atoms with van der Waals surface area (Å²) in [5, 5.41) is 3.24. The molecule has 126 valence electrons. The maximum absolute atomic E-state index is 12.7. The van der Waals surface area contributed by atoms with Gasteiger partial charge in [-0.05, 0) is 43.7 Å². The summed E-state index contributed by atoms with van der Waals surface area (Å²) in [5.41, 5.74) is 0.257. The number of nitrogens with one attached hydrogen (secondary N) is 1. The van der Waals surface area contributed by atoms with Gasteiger partial charge in [-0.25, -0.2) is 0 Å². The Kier molecular flexibility index (Phi) is 3.07. The van der Waals surface area contributed by atoms with Crippen molar-refractivity contribution in [2.24, 2.45) is 17.8 Å². The first-order valence-corrected chi connectivity index (χ1v) is 9.30. The zero-order chi connectivity index (χ0) is 16.3. The predicted octanol–water partition coefficient (Wildman–Crippen LogP) is 3.11. The van der Waals surface area contributed by atoms with Gasteiger partial charge in [0.15, 0.2) is 5.78 Å². The smallest absolute Gasteiger partial charge is 0.224 e. The maximum atomic E-state index is 12.7. The van der Waals surface area contributed by atoms with Crippen LogP contribution in [-0.4, -0.2) is 23.3 Å². The number of hydrogen-bond donors (Lipinski definition) is 1. The lowest BCUT2D eigenvalue weighted by molar-refractivity contribution is -0.124. The number of para-hydroxylation sites is 1. The molecule has 0 radical (unpaired) electrons. The highest BCUT2D eigenvalue weighted by Gasteiger charge is 2.70. The highest BCUT2D eigenvalue weighted by molar-refractivity contribution is 6.00. The number of ketones is 1. The van der Waals surface area contributed by atoms with Gasteiger partial charge in [-0.3, -0.25) is 9.59 Å². The summed E-state index contributed by atoms with van der Waals surface area (Å²) in [6.07, 6.45) is 7.00. The zero-order valence-corrected chi connectivity index (χ0v) is 13.8. The van der Waals surface area contributed by atoms with E-state index >= 15 is 0 Å². The van der Waals surface area contributed by atoms with Gasteiger partial charge < -0.3 is 10.1 Å². The third-order valence-electron chi connectivity index (χ3n) is 6.64. The number of carbonyl (C=O) groups excluding carboxylic acids is 2. The quantitative estimate of drug-likeness (QED) is 0.909. The molecular formula is C20H23NO3. The lowest BCUT2D eigenvalue weighted by atomic mass is 9.84. The fourth-order valence-corrected chi connectivity index (χ4v) is 5.49. The molecule has 0 unspecified atom stereocenters. The van der Waals surface area contributed by atoms with Crippen molar-refractivity contribution in [3.8, 4) is 5.75 Å². The highest BCUT2D eigenvalue weighted by atomic mass is 16.5. The summed E-state index contributed by atoms with van der Waals surface area (Å²) in [5.74, 6) is 1.75. The van der Waals surface area contributed by atoms with Crippen LogP contribution < -0.4 is 10.1 Å². The number of carbonyl (C=O) groups is 2. The Morgan fingerprint density at radius 1 is 1.17 bits per heavy atom. The summed E-state index contributed by atoms with van der Waals surface area (Å²) in [7, 11) is 0. The molecule has 1 N–H and O–H groups in total. The van der Waals surface area contributed by atoms with Crippen molar-refractivity contribution >= 4 is 11.7 Å². The number of benzene rings is 1. The van der Waals surface area contributed by atoms with E-state index in [4.69, 9.17) is 4.74 Å². The minimum Gasteiger partial charge on any atom is -0.486 e. The molecule has 5 rings (SSSR count). The van der Waals surface area contributed by atoms with Gasteiger partial charge in [0.1, 0.15) is 11.4 Å². The van der Waals surface area contributed by atoms with Gasteiger partial charge in [0.05, 0.1) is 12.0 Å². The van der Waals surface area contributed by atoms with E-state index in [0.29, 0.717) is 29.7 Å². The summed E-state index contributed by atoms with van der Waals surface area (Å²) in [6.45, 7) is 0. The van der Waals surface area contributed by atoms with Gasteiger partial charge in [0.2, 0.25) is 5.91 Å². The average molecular weight is 325 g/mol. The SMILES string of the molecule is O=C1C[C@]2(CC[C@@H]3[C@H](C(=O)NC4CCCC4)[C@H]32)Oc2ccccc21. The molecule has 3 aliphatic carbocycles. The minimum atomic E-state index is -0.437. The second-order valence-electron chi connectivity index (χ2n) is 8.01. The first-order chi connectivity index (χ1) is 11.7. The van der Waals surface area contributed by atoms with Crippen molar-refractivity contribution in [2.75, 3.05) is 0 Å². The summed E-state index contributed by atoms with van der Waals surface area (Å²) < 4.78 is 6.35. The van der Waals surface area contributed by atoms with Crippen LogP contribution >= 0.6 is 0 Å². The van der Waals surface area contributed by atoms with Gasteiger partial charge >= 0.3 is 0 Å². The highest BCUT2D eigenvalue weighted by Crippen LogP contribution is 2.65. The van der Waals surface area contributed by atoms with E-state index in [0.717, 1.165) is 25.7 Å². The molecule has 1 aliphatic heterocycles. The number of amides is 1. The second kappa shape index (κ2) is 5.08. The first kappa shape index (κ1) is 14.5. The van der Waals surface area contributed by atoms with Gasteiger partial charge in [-0.15, -0.1) is 0 Å². The van der Waals surface area contributed by atoms with Crippen molar-refractivity contribution in [3.05, 3.63) is 29.8 Å². The van der Waals surface area contributed by atoms with Crippen LogP contribution in [0, 0.1) is 17.8 Å². The van der Waals surface area contributed by atoms with Crippen molar-refractivity contribution < 1.29 is 14.3 Å². The molecule has 3 fully saturated rings. The van der Waals surface area contributed by atoms with E-state index in [-0.39, 0.29) is 23.5 Å². The largest absolute Gasteiger partial charge is 0.486 e. The van der Waals surface area contributed by atoms with E-state index in [1.165, 1.54) is 12.8 Å². The Labute approximate surface area is 142 Å². The van der Waals surface area contributed by atoms with Crippen LogP contribution in [0.4, 0.5) is 0 Å². The molecule has 1 amide bonds. The van der Waals surface area contributed by atoms with Gasteiger partial charge in [-0.2, -0.15) is 0 Å². The second-order valence-corrected chi connectivity index (χ2v) is 8.01. The van der Waals surface area contributed by atoms with Gasteiger partial charge in [0, 0.05) is 17.9 Å². The molecule has 1 aromatic rings. The molecule has 3 saturated carbocycles. The third kappa shape index (κ3) is 2.04. The standard InChI is InChI=1S/C20H23NO3/c22-15-11-20(24-16-8-4-3-7-13(15)16)10-9-14-17(18(14)20)19(23)21-12-5-1-2-6-12/h3-4,7-8,12,14,17-18H,1-2,5-6,9-11H2,(H,21,23)/t14-,17+,18+,20+/m1/s1. The lowest BCUT2D eigenvalue weighted by Gasteiger charge is -2.37. The lowest BCUT2D eigenvalue weighted by Crippen LogP contribution is -2.45. The van der Waals surface area contributed by atoms with Crippen LogP contribution in [0.2, 0.25) is 0 Å². The number of Topliss-reactive ketones (excluding diaryl/α,β-unsaturated/α-hetero) is 1. The van der Waals surface area contributed by atoms with E-state index in [1.54, 1.807) is 0 Å². The monoisotopic (exact) mass is 325 g/mol. The van der Waals surface area contributed by atoms with Crippen LogP contribution in [0.15, 0.2) is 24.3 Å². The summed E-state index contributed by atoms with van der Waals surface area (Å²) >= 11 is 0. The van der Waals surface area contributed by atoms with Crippen molar-refractivity contribution in [1.29, 1.82) is 0 Å². The van der Waals surface area contributed by atoms with Crippen LogP contribution in [-0.2, 0) is 4.79 Å². The predicted molar refractivity (Wildman–Crippen MR) is 88.9 cm³/mol. The number of rotatable bonds is 2. The first-order valence-electron chi connectivity index (χ1n) is 9.30. The topological polar surface area (TPSA) is 55.4 Å². The third-order valence-corrected chi connectivity index (χ3v) is 6.64. The molecular weight excluding hydrogens is 302 g/mol. The van der Waals surface area contributed by atoms with Crippen molar-refractivity contribution in [2.45, 2.75) is 56.6 Å². The number of ether oxygens (including phenoxy) is 1. The molecule has 4 nitrogen and oxygen atoms in total. The number of fused-ring (bicyclic) bond motifs is 3. The molecule has 1 aromatic carbocycles. The fraction of sp³-hybridized carbons (Fsp3) is 0.600. The van der Waals surface area contributed by atoms with Crippen molar-refractivity contribution in [1.82, 2.24) is 5.32 Å². The fourth-order valence-electron chi connectivity index (χ4n) is 5.49. The number of hydrogen-bond acceptors (Lipinski definition) is 3. The summed E-state index contributed by atoms with van der Waals surface area (Å²) in [6, 6.07) is 7.88. The van der Waals surface area contributed by atoms with E-state index < -0.39 is 5.60 Å². The van der Waals surface area contributed by atoms with Gasteiger partial charge in [0.25, 0.3) is 0 Å². The Balaban J connectivity index is 1.35. The molecule has 4 aliphatic rings. The molecule has 4 heteroatoms. The molecule has 0 bridgehead atoms. The van der Waals surface area contributed by atoms with Crippen LogP contribution in [0.1, 0.15) is 55.3 Å². The Hall–Kier alpha value is -1.84. The van der Waals surface area contributed by atoms with Gasteiger partial charge in [-0.1, -0.05) is 25.0 Å². The maximum Gasteiger partial charge on any atom is 0.224 e. The van der Waals surface area contributed by atoms with Crippen LogP contribution in [0.5, 0.6) is 5.75 Å². The van der Waals surface area contributed by atoms with E-state index in [2.05, 4.69) is 5.32 Å². The Morgan fingerprint density at radius 2 is 1.96 bits per heavy atom. The zero-order valence-electron chi connectivity index (χ0n) is 13.8. The molecule has 4 atom stereocenters. The van der Waals surface area contributed by atoms with Crippen LogP contribution in [0.25, 0.3) is 0 Å². The minimum absolute atomic E-state index is 0.0532. The van der Waals surface area contributed by atoms with Crippen molar-refractivity contribution in [3.63, 3.8) is 0 Å². The molecule has 0 aromatic heterocycles.